The van der Waals surface area contributed by atoms with Gasteiger partial charge >= 0.3 is 0 Å². The van der Waals surface area contributed by atoms with Gasteiger partial charge in [-0.25, -0.2) is 4.85 Å². The van der Waals surface area contributed by atoms with Crippen molar-refractivity contribution in [3.63, 3.8) is 0 Å². The second kappa shape index (κ2) is 12.1. The molecule has 6 rings (SSSR count). The normalized spacial score (nSPS) is 16.4. The van der Waals surface area contributed by atoms with E-state index in [1.807, 2.05) is 114 Å². The standard InChI is InChI=1S/C35H27N3O5S/c1-36-34-33(26-14-7-3-8-15-26)29(38(35(34)39)28-16-9-4-10-17-28)19-21-32-37(22-11-23-44(40,41)42)30-24-27(18-20-31(30)43-32)25-12-5-2-6-13-25/h2-10,12-21,24H,11,22-23H2,(H,40,41,42). The van der Waals surface area contributed by atoms with Crippen LogP contribution < -0.4 is 14.5 Å². The minimum atomic E-state index is -4.16. The van der Waals surface area contributed by atoms with Crippen molar-refractivity contribution in [1.82, 2.24) is 0 Å². The van der Waals surface area contributed by atoms with E-state index in [2.05, 4.69) is 4.85 Å². The summed E-state index contributed by atoms with van der Waals surface area (Å²) in [5.74, 6) is 0.168. The first-order chi connectivity index (χ1) is 21.3. The molecule has 4 aromatic rings. The molecule has 4 aromatic carbocycles. The van der Waals surface area contributed by atoms with Crippen molar-refractivity contribution in [1.29, 1.82) is 0 Å². The number of allylic oxidation sites excluding steroid dienone is 3. The van der Waals surface area contributed by atoms with Crippen LogP contribution in [0.25, 0.3) is 21.5 Å². The molecule has 9 heteroatoms. The van der Waals surface area contributed by atoms with Gasteiger partial charge < -0.3 is 9.64 Å². The molecule has 8 nitrogen and oxygen atoms in total. The van der Waals surface area contributed by atoms with Crippen LogP contribution in [-0.2, 0) is 14.9 Å². The van der Waals surface area contributed by atoms with Crippen LogP contribution in [-0.4, -0.2) is 31.2 Å². The highest BCUT2D eigenvalue weighted by atomic mass is 32.2. The van der Waals surface area contributed by atoms with Crippen LogP contribution in [0.15, 0.2) is 139 Å². The zero-order valence-corrected chi connectivity index (χ0v) is 24.3. The first-order valence-electron chi connectivity index (χ1n) is 13.9. The monoisotopic (exact) mass is 601 g/mol. The number of rotatable bonds is 8. The molecule has 1 N–H and O–H groups in total. The molecule has 0 spiro atoms. The van der Waals surface area contributed by atoms with Gasteiger partial charge in [0.05, 0.1) is 18.0 Å². The van der Waals surface area contributed by atoms with Crippen LogP contribution >= 0.6 is 0 Å². The van der Waals surface area contributed by atoms with E-state index in [1.54, 1.807) is 12.2 Å². The van der Waals surface area contributed by atoms with Crippen LogP contribution in [0.1, 0.15) is 12.0 Å². The molecule has 0 radical (unpaired) electrons. The molecule has 218 valence electrons. The number of hydrogen-bond donors (Lipinski definition) is 1. The third kappa shape index (κ3) is 5.77. The lowest BCUT2D eigenvalue weighted by atomic mass is 10.0. The Labute approximate surface area is 256 Å². The summed E-state index contributed by atoms with van der Waals surface area (Å²) >= 11 is 0. The van der Waals surface area contributed by atoms with Gasteiger partial charge in [-0.05, 0) is 53.5 Å². The SMILES string of the molecule is [C-]#[N+]C1=C(c2ccccc2)C(=CC=C2Oc3ccc(-c4ccccc4)cc3N2CCCS(=O)(=O)O)N(c2ccccc2)C1=O. The van der Waals surface area contributed by atoms with Gasteiger partial charge in [0.1, 0.15) is 0 Å². The fraction of sp³-hybridized carbons (Fsp3) is 0.0857. The minimum absolute atomic E-state index is 0.0119. The summed E-state index contributed by atoms with van der Waals surface area (Å²) in [6, 6.07) is 34.1. The van der Waals surface area contributed by atoms with Gasteiger partial charge in [-0.3, -0.25) is 14.2 Å². The lowest BCUT2D eigenvalue weighted by Crippen LogP contribution is -2.25. The van der Waals surface area contributed by atoms with E-state index in [0.29, 0.717) is 28.6 Å². The van der Waals surface area contributed by atoms with Crippen molar-refractivity contribution in [3.8, 4) is 16.9 Å². The van der Waals surface area contributed by atoms with Crippen molar-refractivity contribution in [2.45, 2.75) is 6.42 Å². The van der Waals surface area contributed by atoms with Crippen LogP contribution in [0.2, 0.25) is 0 Å². The number of nitrogens with zero attached hydrogens (tertiary/aromatic N) is 3. The maximum Gasteiger partial charge on any atom is 0.264 e. The third-order valence-electron chi connectivity index (χ3n) is 7.33. The molecule has 0 atom stereocenters. The molecular weight excluding hydrogens is 574 g/mol. The number of ether oxygens (including phenoxy) is 1. The molecule has 0 saturated heterocycles. The molecule has 2 aliphatic heterocycles. The number of benzene rings is 4. The zero-order valence-electron chi connectivity index (χ0n) is 23.5. The van der Waals surface area contributed by atoms with Crippen LogP contribution in [0, 0.1) is 6.57 Å². The Morgan fingerprint density at radius 1 is 0.818 bits per heavy atom. The highest BCUT2D eigenvalue weighted by Crippen LogP contribution is 2.43. The van der Waals surface area contributed by atoms with E-state index in [-0.39, 0.29) is 18.7 Å². The van der Waals surface area contributed by atoms with Gasteiger partial charge in [0.15, 0.2) is 5.75 Å². The van der Waals surface area contributed by atoms with Crippen LogP contribution in [0.5, 0.6) is 5.75 Å². The number of carbonyl (C=O) groups is 1. The van der Waals surface area contributed by atoms with Gasteiger partial charge in [-0.2, -0.15) is 8.42 Å². The topological polar surface area (TPSA) is 91.5 Å². The maximum atomic E-state index is 13.6. The number of fused-ring (bicyclic) bond motifs is 1. The largest absolute Gasteiger partial charge is 0.439 e. The summed E-state index contributed by atoms with van der Waals surface area (Å²) in [5.41, 5.74) is 5.08. The van der Waals surface area contributed by atoms with Crippen LogP contribution in [0.3, 0.4) is 0 Å². The summed E-state index contributed by atoms with van der Waals surface area (Å²) in [6.45, 7) is 8.11. The number of para-hydroxylation sites is 1. The first-order valence-corrected chi connectivity index (χ1v) is 15.5. The van der Waals surface area contributed by atoms with Crippen LogP contribution in [0.4, 0.5) is 11.4 Å². The Balaban J connectivity index is 1.46. The molecule has 44 heavy (non-hydrogen) atoms. The van der Waals surface area contributed by atoms with E-state index in [9.17, 15) is 17.8 Å². The average Bonchev–Trinajstić information content (AvgIpc) is 3.53. The van der Waals surface area contributed by atoms with Crippen molar-refractivity contribution in [2.75, 3.05) is 22.1 Å². The molecule has 2 aliphatic rings. The van der Waals surface area contributed by atoms with E-state index in [4.69, 9.17) is 11.3 Å². The highest BCUT2D eigenvalue weighted by Gasteiger charge is 2.37. The van der Waals surface area contributed by atoms with Crippen molar-refractivity contribution in [3.05, 3.63) is 156 Å². The summed E-state index contributed by atoms with van der Waals surface area (Å²) < 4.78 is 38.7. The van der Waals surface area contributed by atoms with E-state index in [1.165, 1.54) is 4.90 Å². The lowest BCUT2D eigenvalue weighted by molar-refractivity contribution is -0.114. The molecule has 0 bridgehead atoms. The van der Waals surface area contributed by atoms with Crippen molar-refractivity contribution in [2.24, 2.45) is 0 Å². The van der Waals surface area contributed by atoms with Gasteiger partial charge in [0.2, 0.25) is 5.88 Å². The maximum absolute atomic E-state index is 13.6. The Morgan fingerprint density at radius 3 is 2.09 bits per heavy atom. The smallest absolute Gasteiger partial charge is 0.264 e. The Morgan fingerprint density at radius 2 is 1.45 bits per heavy atom. The van der Waals surface area contributed by atoms with Gasteiger partial charge in [-0.1, -0.05) is 84.9 Å². The van der Waals surface area contributed by atoms with Crippen molar-refractivity contribution >= 4 is 33.0 Å². The zero-order chi connectivity index (χ0) is 30.7. The first kappa shape index (κ1) is 28.7. The minimum Gasteiger partial charge on any atom is -0.439 e. The summed E-state index contributed by atoms with van der Waals surface area (Å²) in [5, 5.41) is 0. The average molecular weight is 602 g/mol. The fourth-order valence-corrected chi connectivity index (χ4v) is 5.85. The Hall–Kier alpha value is -5.43. The second-order valence-corrected chi connectivity index (χ2v) is 11.7. The fourth-order valence-electron chi connectivity index (χ4n) is 5.36. The second-order valence-electron chi connectivity index (χ2n) is 10.2. The Bertz CT molecular complexity index is 1960. The van der Waals surface area contributed by atoms with E-state index >= 15 is 0 Å². The predicted molar refractivity (Wildman–Crippen MR) is 171 cm³/mol. The summed E-state index contributed by atoms with van der Waals surface area (Å²) in [7, 11) is -4.16. The molecule has 1 amide bonds. The molecule has 0 aromatic heterocycles. The van der Waals surface area contributed by atoms with Gasteiger partial charge in [0.25, 0.3) is 21.7 Å². The molecule has 0 unspecified atom stereocenters. The number of carbonyl (C=O) groups excluding carboxylic acids is 1. The number of anilines is 2. The molecule has 2 heterocycles. The third-order valence-corrected chi connectivity index (χ3v) is 8.14. The number of hydrogen-bond acceptors (Lipinski definition) is 5. The lowest BCUT2D eigenvalue weighted by Gasteiger charge is -2.21. The Kier molecular flexibility index (Phi) is 7.85. The number of amides is 1. The molecule has 0 saturated carbocycles. The molecule has 0 aliphatic carbocycles. The quantitative estimate of drug-likeness (QED) is 0.174. The van der Waals surface area contributed by atoms with E-state index < -0.39 is 21.8 Å². The summed E-state index contributed by atoms with van der Waals surface area (Å²) in [4.78, 5) is 20.7. The molecular formula is C35H27N3O5S. The predicted octanol–water partition coefficient (Wildman–Crippen LogP) is 6.93. The highest BCUT2D eigenvalue weighted by molar-refractivity contribution is 7.85. The van der Waals surface area contributed by atoms with Gasteiger partial charge in [0, 0.05) is 29.6 Å². The van der Waals surface area contributed by atoms with E-state index in [0.717, 1.165) is 22.4 Å². The molecule has 0 fully saturated rings. The summed E-state index contributed by atoms with van der Waals surface area (Å²) in [6.07, 6.45) is 3.63. The van der Waals surface area contributed by atoms with Crippen molar-refractivity contribution < 1.29 is 22.5 Å². The van der Waals surface area contributed by atoms with Gasteiger partial charge in [-0.15, -0.1) is 0 Å².